The number of carboxylic acid groups (broad SMARTS) is 1. The van der Waals surface area contributed by atoms with E-state index in [1.807, 2.05) is 25.1 Å². The molecule has 0 fully saturated rings. The third-order valence-corrected chi connectivity index (χ3v) is 2.97. The Bertz CT molecular complexity index is 420. The average molecular weight is 264 g/mol. The maximum absolute atomic E-state index is 12.0. The van der Waals surface area contributed by atoms with Gasteiger partial charge in [0.05, 0.1) is 5.92 Å². The van der Waals surface area contributed by atoms with Crippen LogP contribution in [0.1, 0.15) is 26.0 Å². The van der Waals surface area contributed by atoms with Crippen LogP contribution in [0.5, 0.6) is 0 Å². The van der Waals surface area contributed by atoms with Crippen molar-refractivity contribution < 1.29 is 14.7 Å². The Morgan fingerprint density at radius 3 is 2.68 bits per heavy atom. The molecule has 19 heavy (non-hydrogen) atoms. The predicted octanol–water partition coefficient (Wildman–Crippen LogP) is 1.58. The number of pyridine rings is 1. The highest BCUT2D eigenvalue weighted by atomic mass is 16.4. The lowest BCUT2D eigenvalue weighted by Gasteiger charge is -2.22. The van der Waals surface area contributed by atoms with Crippen LogP contribution in [0.15, 0.2) is 24.4 Å². The summed E-state index contributed by atoms with van der Waals surface area (Å²) in [6.45, 7) is 4.25. The summed E-state index contributed by atoms with van der Waals surface area (Å²) in [5.74, 6) is -1.45. The minimum atomic E-state index is -0.879. The summed E-state index contributed by atoms with van der Waals surface area (Å²) in [6, 6.07) is 5.60. The van der Waals surface area contributed by atoms with Crippen LogP contribution in [0, 0.1) is 5.92 Å². The van der Waals surface area contributed by atoms with Crippen LogP contribution < -0.4 is 0 Å². The van der Waals surface area contributed by atoms with Crippen molar-refractivity contribution in [1.29, 1.82) is 0 Å². The van der Waals surface area contributed by atoms with E-state index in [1.165, 1.54) is 0 Å². The number of aryl methyl sites for hydroxylation is 1. The van der Waals surface area contributed by atoms with Gasteiger partial charge in [-0.1, -0.05) is 13.0 Å². The molecule has 0 radical (unpaired) electrons. The third-order valence-electron chi connectivity index (χ3n) is 2.97. The summed E-state index contributed by atoms with van der Waals surface area (Å²) >= 11 is 0. The molecule has 1 unspecified atom stereocenters. The fourth-order valence-corrected chi connectivity index (χ4v) is 1.76. The Morgan fingerprint density at radius 1 is 1.42 bits per heavy atom. The summed E-state index contributed by atoms with van der Waals surface area (Å²) in [4.78, 5) is 28.6. The van der Waals surface area contributed by atoms with Crippen molar-refractivity contribution in [2.24, 2.45) is 5.92 Å². The smallest absolute Gasteiger partial charge is 0.308 e. The molecular weight excluding hydrogens is 244 g/mol. The van der Waals surface area contributed by atoms with E-state index in [9.17, 15) is 9.59 Å². The average Bonchev–Trinajstić information content (AvgIpc) is 2.42. The highest BCUT2D eigenvalue weighted by Crippen LogP contribution is 2.05. The fraction of sp³-hybridized carbons (Fsp3) is 0.500. The summed E-state index contributed by atoms with van der Waals surface area (Å²) in [6.07, 6.45) is 2.64. The second-order valence-electron chi connectivity index (χ2n) is 4.49. The van der Waals surface area contributed by atoms with E-state index in [0.717, 1.165) is 5.69 Å². The molecule has 0 saturated heterocycles. The molecule has 0 saturated carbocycles. The first-order valence-electron chi connectivity index (χ1n) is 6.45. The van der Waals surface area contributed by atoms with Gasteiger partial charge in [-0.2, -0.15) is 0 Å². The monoisotopic (exact) mass is 264 g/mol. The second-order valence-corrected chi connectivity index (χ2v) is 4.49. The Kier molecular flexibility index (Phi) is 5.99. The molecular formula is C14H20N2O3. The van der Waals surface area contributed by atoms with Crippen LogP contribution in [-0.2, 0) is 16.0 Å². The molecule has 0 aliphatic carbocycles. The molecule has 1 aromatic heterocycles. The molecule has 1 atom stereocenters. The Balaban J connectivity index is 2.48. The minimum Gasteiger partial charge on any atom is -0.481 e. The highest BCUT2D eigenvalue weighted by molar-refractivity contribution is 5.77. The summed E-state index contributed by atoms with van der Waals surface area (Å²) in [7, 11) is 0. The van der Waals surface area contributed by atoms with E-state index in [-0.39, 0.29) is 12.5 Å². The van der Waals surface area contributed by atoms with Crippen LogP contribution in [0.2, 0.25) is 0 Å². The summed E-state index contributed by atoms with van der Waals surface area (Å²) in [5, 5.41) is 8.87. The van der Waals surface area contributed by atoms with Gasteiger partial charge in [-0.05, 0) is 25.5 Å². The van der Waals surface area contributed by atoms with Crippen molar-refractivity contribution in [1.82, 2.24) is 9.88 Å². The molecule has 0 aliphatic rings. The van der Waals surface area contributed by atoms with Gasteiger partial charge >= 0.3 is 5.97 Å². The number of hydrogen-bond donors (Lipinski definition) is 1. The third kappa shape index (κ3) is 5.07. The number of amides is 1. The molecule has 1 rings (SSSR count). The number of nitrogens with zero attached hydrogens (tertiary/aromatic N) is 2. The number of aliphatic carboxylic acids is 1. The van der Waals surface area contributed by atoms with Gasteiger partial charge in [-0.25, -0.2) is 0 Å². The zero-order valence-electron chi connectivity index (χ0n) is 11.4. The minimum absolute atomic E-state index is 0.0266. The van der Waals surface area contributed by atoms with Gasteiger partial charge < -0.3 is 10.0 Å². The molecule has 1 aromatic rings. The Hall–Kier alpha value is -1.91. The van der Waals surface area contributed by atoms with Gasteiger partial charge in [-0.15, -0.1) is 0 Å². The van der Waals surface area contributed by atoms with E-state index < -0.39 is 11.9 Å². The summed E-state index contributed by atoms with van der Waals surface area (Å²) in [5.41, 5.74) is 0.873. The van der Waals surface area contributed by atoms with Crippen molar-refractivity contribution in [3.8, 4) is 0 Å². The van der Waals surface area contributed by atoms with E-state index >= 15 is 0 Å². The maximum Gasteiger partial charge on any atom is 0.308 e. The van der Waals surface area contributed by atoms with Crippen LogP contribution in [0.3, 0.4) is 0 Å². The lowest BCUT2D eigenvalue weighted by atomic mass is 10.1. The first-order valence-corrected chi connectivity index (χ1v) is 6.45. The van der Waals surface area contributed by atoms with Gasteiger partial charge in [-0.3, -0.25) is 14.6 Å². The normalized spacial score (nSPS) is 11.9. The molecule has 0 bridgehead atoms. The van der Waals surface area contributed by atoms with Crippen molar-refractivity contribution in [3.63, 3.8) is 0 Å². The molecule has 0 spiro atoms. The second kappa shape index (κ2) is 7.51. The van der Waals surface area contributed by atoms with E-state index in [2.05, 4.69) is 4.98 Å². The lowest BCUT2D eigenvalue weighted by Crippen LogP contribution is -2.36. The number of carboxylic acids is 1. The topological polar surface area (TPSA) is 70.5 Å². The predicted molar refractivity (Wildman–Crippen MR) is 71.6 cm³/mol. The van der Waals surface area contributed by atoms with Crippen molar-refractivity contribution in [2.45, 2.75) is 26.7 Å². The van der Waals surface area contributed by atoms with E-state index in [4.69, 9.17) is 5.11 Å². The lowest BCUT2D eigenvalue weighted by molar-refractivity contribution is -0.143. The first kappa shape index (κ1) is 15.1. The van der Waals surface area contributed by atoms with Gasteiger partial charge in [0.25, 0.3) is 0 Å². The molecule has 1 heterocycles. The van der Waals surface area contributed by atoms with Gasteiger partial charge in [0.15, 0.2) is 0 Å². The van der Waals surface area contributed by atoms with Gasteiger partial charge in [0.2, 0.25) is 5.91 Å². The van der Waals surface area contributed by atoms with Crippen LogP contribution in [0.25, 0.3) is 0 Å². The standard InChI is InChI=1S/C14H20N2O3/c1-3-16(10-11(2)14(18)19)13(17)8-7-12-6-4-5-9-15-12/h4-6,9,11H,3,7-8,10H2,1-2H3,(H,18,19). The molecule has 0 aliphatic heterocycles. The van der Waals surface area contributed by atoms with Crippen molar-refractivity contribution >= 4 is 11.9 Å². The molecule has 5 nitrogen and oxygen atoms in total. The number of aromatic nitrogens is 1. The summed E-state index contributed by atoms with van der Waals surface area (Å²) < 4.78 is 0. The molecule has 5 heteroatoms. The Morgan fingerprint density at radius 2 is 2.16 bits per heavy atom. The molecule has 0 aromatic carbocycles. The largest absolute Gasteiger partial charge is 0.481 e. The van der Waals surface area contributed by atoms with Crippen molar-refractivity contribution in [3.05, 3.63) is 30.1 Å². The van der Waals surface area contributed by atoms with E-state index in [0.29, 0.717) is 19.4 Å². The van der Waals surface area contributed by atoms with Crippen LogP contribution in [0.4, 0.5) is 0 Å². The Labute approximate surface area is 113 Å². The SMILES string of the molecule is CCN(CC(C)C(=O)O)C(=O)CCc1ccccn1. The van der Waals surface area contributed by atoms with Crippen LogP contribution >= 0.6 is 0 Å². The maximum atomic E-state index is 12.0. The van der Waals surface area contributed by atoms with E-state index in [1.54, 1.807) is 18.0 Å². The molecule has 1 N–H and O–H groups in total. The van der Waals surface area contributed by atoms with Gasteiger partial charge in [0.1, 0.15) is 0 Å². The van der Waals surface area contributed by atoms with Gasteiger partial charge in [0, 0.05) is 31.4 Å². The molecule has 104 valence electrons. The van der Waals surface area contributed by atoms with Crippen molar-refractivity contribution in [2.75, 3.05) is 13.1 Å². The quantitative estimate of drug-likeness (QED) is 0.811. The zero-order chi connectivity index (χ0) is 14.3. The number of carbonyl (C=O) groups is 2. The zero-order valence-corrected chi connectivity index (χ0v) is 11.4. The number of rotatable bonds is 7. The molecule has 1 amide bonds. The first-order chi connectivity index (χ1) is 9.04. The number of hydrogen-bond acceptors (Lipinski definition) is 3. The number of carbonyl (C=O) groups excluding carboxylic acids is 1. The highest BCUT2D eigenvalue weighted by Gasteiger charge is 2.19. The fourth-order valence-electron chi connectivity index (χ4n) is 1.76. The van der Waals surface area contributed by atoms with Crippen LogP contribution in [-0.4, -0.2) is 40.0 Å².